The summed E-state index contributed by atoms with van der Waals surface area (Å²) in [4.78, 5) is 34.0. The average molecular weight is 242 g/mol. The molecule has 0 spiro atoms. The van der Waals surface area contributed by atoms with Gasteiger partial charge in [-0.05, 0) is 13.8 Å². The quantitative estimate of drug-likeness (QED) is 0.311. The first kappa shape index (κ1) is 13.2. The summed E-state index contributed by atoms with van der Waals surface area (Å²) in [6, 6.07) is 0. The molecule has 6 nitrogen and oxygen atoms in total. The topological polar surface area (TPSA) is 78.9 Å². The van der Waals surface area contributed by atoms with E-state index in [1.54, 1.807) is 6.92 Å². The van der Waals surface area contributed by atoms with E-state index in [1.807, 2.05) is 0 Å². The summed E-state index contributed by atoms with van der Waals surface area (Å²) in [6.45, 7) is 4.31. The highest BCUT2D eigenvalue weighted by Gasteiger charge is 2.52. The van der Waals surface area contributed by atoms with E-state index >= 15 is 0 Å². The van der Waals surface area contributed by atoms with Gasteiger partial charge in [0, 0.05) is 12.5 Å². The van der Waals surface area contributed by atoms with E-state index in [0.29, 0.717) is 0 Å². The lowest BCUT2D eigenvalue weighted by Crippen LogP contribution is -2.36. The maximum atomic E-state index is 11.7. The standard InChI is InChI=1S/C11H14O6/c1-4-15-9(13)11(3)8(5-16-7(2)12)6-17-10(11)14/h5H,4,6H2,1-3H3/b8-5+. The van der Waals surface area contributed by atoms with Crippen LogP contribution in [-0.4, -0.2) is 31.1 Å². The third-order valence-corrected chi connectivity index (χ3v) is 2.46. The summed E-state index contributed by atoms with van der Waals surface area (Å²) in [6.07, 6.45) is 1.07. The van der Waals surface area contributed by atoms with Crippen LogP contribution in [0.2, 0.25) is 0 Å². The van der Waals surface area contributed by atoms with E-state index in [-0.39, 0.29) is 18.8 Å². The molecule has 94 valence electrons. The van der Waals surface area contributed by atoms with Gasteiger partial charge in [0.05, 0.1) is 12.9 Å². The van der Waals surface area contributed by atoms with Gasteiger partial charge in [0.1, 0.15) is 6.61 Å². The van der Waals surface area contributed by atoms with Gasteiger partial charge in [0.2, 0.25) is 0 Å². The van der Waals surface area contributed by atoms with E-state index < -0.39 is 23.3 Å². The molecule has 0 radical (unpaired) electrons. The molecule has 1 aliphatic rings. The third kappa shape index (κ3) is 2.46. The molecule has 6 heteroatoms. The highest BCUT2D eigenvalue weighted by Crippen LogP contribution is 2.36. The van der Waals surface area contributed by atoms with E-state index in [9.17, 15) is 14.4 Å². The number of carbonyl (C=O) groups is 3. The molecule has 1 aliphatic heterocycles. The van der Waals surface area contributed by atoms with Crippen LogP contribution in [0.1, 0.15) is 20.8 Å². The molecule has 1 fully saturated rings. The Morgan fingerprint density at radius 3 is 2.71 bits per heavy atom. The van der Waals surface area contributed by atoms with Crippen LogP contribution in [0.5, 0.6) is 0 Å². The smallest absolute Gasteiger partial charge is 0.328 e. The molecular formula is C11H14O6. The molecule has 1 heterocycles. The molecule has 1 saturated heterocycles. The van der Waals surface area contributed by atoms with Crippen molar-refractivity contribution in [2.45, 2.75) is 20.8 Å². The molecule has 0 amide bonds. The lowest BCUT2D eigenvalue weighted by molar-refractivity contribution is -0.162. The van der Waals surface area contributed by atoms with Crippen molar-refractivity contribution in [2.24, 2.45) is 5.41 Å². The first-order valence-electron chi connectivity index (χ1n) is 5.14. The lowest BCUT2D eigenvalue weighted by Gasteiger charge is -2.18. The van der Waals surface area contributed by atoms with Gasteiger partial charge in [-0.2, -0.15) is 0 Å². The Bertz CT molecular complexity index is 383. The van der Waals surface area contributed by atoms with Gasteiger partial charge in [-0.15, -0.1) is 0 Å². The average Bonchev–Trinajstić information content (AvgIpc) is 2.55. The number of hydrogen-bond acceptors (Lipinski definition) is 6. The summed E-state index contributed by atoms with van der Waals surface area (Å²) < 4.78 is 14.3. The van der Waals surface area contributed by atoms with Crippen molar-refractivity contribution in [3.05, 3.63) is 11.8 Å². The zero-order chi connectivity index (χ0) is 13.1. The van der Waals surface area contributed by atoms with Crippen molar-refractivity contribution in [2.75, 3.05) is 13.2 Å². The lowest BCUT2D eigenvalue weighted by atomic mass is 9.85. The van der Waals surface area contributed by atoms with Gasteiger partial charge in [-0.3, -0.25) is 14.4 Å². The first-order valence-corrected chi connectivity index (χ1v) is 5.14. The fourth-order valence-corrected chi connectivity index (χ4v) is 1.36. The highest BCUT2D eigenvalue weighted by atomic mass is 16.6. The van der Waals surface area contributed by atoms with Crippen LogP contribution in [0.4, 0.5) is 0 Å². The molecular weight excluding hydrogens is 228 g/mol. The van der Waals surface area contributed by atoms with Crippen molar-refractivity contribution < 1.29 is 28.6 Å². The zero-order valence-electron chi connectivity index (χ0n) is 9.94. The monoisotopic (exact) mass is 242 g/mol. The van der Waals surface area contributed by atoms with Crippen molar-refractivity contribution >= 4 is 17.9 Å². The largest absolute Gasteiger partial charge is 0.465 e. The summed E-state index contributed by atoms with van der Waals surface area (Å²) in [5, 5.41) is 0. The Balaban J connectivity index is 2.98. The van der Waals surface area contributed by atoms with Gasteiger partial charge < -0.3 is 14.2 Å². The number of ether oxygens (including phenoxy) is 3. The van der Waals surface area contributed by atoms with Crippen molar-refractivity contribution in [3.8, 4) is 0 Å². The number of hydrogen-bond donors (Lipinski definition) is 0. The first-order chi connectivity index (χ1) is 7.92. The minimum absolute atomic E-state index is 0.0819. The summed E-state index contributed by atoms with van der Waals surface area (Å²) >= 11 is 0. The Labute approximate surface area is 98.5 Å². The van der Waals surface area contributed by atoms with E-state index in [4.69, 9.17) is 9.47 Å². The SMILES string of the molecule is CCOC(=O)C1(C)C(=O)OC/C1=C\OC(C)=O. The van der Waals surface area contributed by atoms with Crippen LogP contribution in [0.3, 0.4) is 0 Å². The second-order valence-electron chi connectivity index (χ2n) is 3.67. The van der Waals surface area contributed by atoms with Crippen molar-refractivity contribution in [3.63, 3.8) is 0 Å². The number of rotatable bonds is 3. The van der Waals surface area contributed by atoms with Crippen molar-refractivity contribution in [1.82, 2.24) is 0 Å². The van der Waals surface area contributed by atoms with Crippen LogP contribution >= 0.6 is 0 Å². The number of cyclic esters (lactones) is 1. The minimum Gasteiger partial charge on any atom is -0.465 e. The summed E-state index contributed by atoms with van der Waals surface area (Å²) in [5.41, 5.74) is -1.25. The Hall–Kier alpha value is -1.85. The molecule has 0 bridgehead atoms. The number of esters is 3. The van der Waals surface area contributed by atoms with Gasteiger partial charge in [-0.1, -0.05) is 0 Å². The van der Waals surface area contributed by atoms with Gasteiger partial charge in [0.15, 0.2) is 5.41 Å². The zero-order valence-corrected chi connectivity index (χ0v) is 9.94. The Kier molecular flexibility index (Phi) is 3.88. The molecule has 0 aromatic heterocycles. The Morgan fingerprint density at radius 1 is 1.53 bits per heavy atom. The third-order valence-electron chi connectivity index (χ3n) is 2.46. The summed E-state index contributed by atoms with van der Waals surface area (Å²) in [5.74, 6) is -1.95. The van der Waals surface area contributed by atoms with E-state index in [2.05, 4.69) is 4.74 Å². The predicted molar refractivity (Wildman–Crippen MR) is 55.5 cm³/mol. The summed E-state index contributed by atoms with van der Waals surface area (Å²) in [7, 11) is 0. The molecule has 1 unspecified atom stereocenters. The molecule has 0 aromatic carbocycles. The maximum Gasteiger partial charge on any atom is 0.328 e. The molecule has 1 rings (SSSR count). The van der Waals surface area contributed by atoms with Crippen LogP contribution < -0.4 is 0 Å². The fourth-order valence-electron chi connectivity index (χ4n) is 1.36. The van der Waals surface area contributed by atoms with Gasteiger partial charge in [0.25, 0.3) is 0 Å². The molecule has 0 saturated carbocycles. The van der Waals surface area contributed by atoms with Gasteiger partial charge in [-0.25, -0.2) is 0 Å². The second-order valence-corrected chi connectivity index (χ2v) is 3.67. The number of carbonyl (C=O) groups excluding carboxylic acids is 3. The van der Waals surface area contributed by atoms with Gasteiger partial charge >= 0.3 is 17.9 Å². The molecule has 0 N–H and O–H groups in total. The highest BCUT2D eigenvalue weighted by molar-refractivity contribution is 6.04. The molecule has 1 atom stereocenters. The van der Waals surface area contributed by atoms with Crippen LogP contribution in [0.15, 0.2) is 11.8 Å². The molecule has 0 aliphatic carbocycles. The molecule has 17 heavy (non-hydrogen) atoms. The maximum absolute atomic E-state index is 11.7. The van der Waals surface area contributed by atoms with Crippen LogP contribution in [0, 0.1) is 5.41 Å². The van der Waals surface area contributed by atoms with Crippen LogP contribution in [0.25, 0.3) is 0 Å². The van der Waals surface area contributed by atoms with Crippen LogP contribution in [-0.2, 0) is 28.6 Å². The molecule has 0 aromatic rings. The second kappa shape index (κ2) is 4.99. The predicted octanol–water partition coefficient (Wildman–Crippen LogP) is 0.560. The van der Waals surface area contributed by atoms with E-state index in [1.165, 1.54) is 13.8 Å². The fraction of sp³-hybridized carbons (Fsp3) is 0.545. The normalized spacial score (nSPS) is 25.6. The Morgan fingerprint density at radius 2 is 2.18 bits per heavy atom. The van der Waals surface area contributed by atoms with E-state index in [0.717, 1.165) is 6.26 Å². The van der Waals surface area contributed by atoms with Crippen molar-refractivity contribution in [1.29, 1.82) is 0 Å². The minimum atomic E-state index is -1.52.